The van der Waals surface area contributed by atoms with Crippen LogP contribution in [0.15, 0.2) is 40.6 Å². The molecule has 0 spiro atoms. The quantitative estimate of drug-likeness (QED) is 0.247. The number of benzene rings is 1. The highest BCUT2D eigenvalue weighted by atomic mass is 32.2. The third-order valence-electron chi connectivity index (χ3n) is 9.02. The fourth-order valence-electron chi connectivity index (χ4n) is 4.41. The Hall–Kier alpha value is -1.73. The number of imidazole rings is 1. The first kappa shape index (κ1) is 31.2. The molecule has 0 unspecified atom stereocenters. The Morgan fingerprint density at radius 2 is 1.68 bits per heavy atom. The molecule has 1 saturated carbocycles. The van der Waals surface area contributed by atoms with Crippen molar-refractivity contribution in [1.29, 1.82) is 0 Å². The Bertz CT molecular complexity index is 1320. The predicted molar refractivity (Wildman–Crippen MR) is 169 cm³/mol. The van der Waals surface area contributed by atoms with E-state index in [1.54, 1.807) is 11.8 Å². The van der Waals surface area contributed by atoms with Crippen LogP contribution < -0.4 is 4.74 Å². The number of hydrogen-bond donors (Lipinski definition) is 1. The van der Waals surface area contributed by atoms with Gasteiger partial charge in [0, 0.05) is 23.8 Å². The lowest BCUT2D eigenvalue weighted by molar-refractivity contribution is 0.0999. The Labute approximate surface area is 246 Å². The van der Waals surface area contributed by atoms with Gasteiger partial charge in [0.2, 0.25) is 5.88 Å². The first-order valence-corrected chi connectivity index (χ1v) is 21.0. The molecule has 1 N–H and O–H groups in total. The number of ether oxygens (including phenoxy) is 1. The van der Waals surface area contributed by atoms with Crippen molar-refractivity contribution in [1.82, 2.24) is 19.9 Å². The molecule has 2 heterocycles. The van der Waals surface area contributed by atoms with Crippen LogP contribution in [0.4, 0.5) is 0 Å². The van der Waals surface area contributed by atoms with E-state index >= 15 is 0 Å². The first-order chi connectivity index (χ1) is 18.4. The fraction of sp³-hybridized carbons (Fsp3) is 0.633. The van der Waals surface area contributed by atoms with Crippen molar-refractivity contribution < 1.29 is 13.6 Å². The molecule has 0 radical (unpaired) electrons. The third-order valence-corrected chi connectivity index (χ3v) is 18.9. The summed E-state index contributed by atoms with van der Waals surface area (Å²) in [6.45, 7) is 25.9. The van der Waals surface area contributed by atoms with Gasteiger partial charge in [0.1, 0.15) is 17.9 Å². The minimum Gasteiger partial charge on any atom is -0.473 e. The molecule has 1 aromatic carbocycles. The minimum atomic E-state index is -1.97. The molecule has 1 aliphatic carbocycles. The molecule has 1 fully saturated rings. The van der Waals surface area contributed by atoms with E-state index in [9.17, 15) is 0 Å². The smallest absolute Gasteiger partial charge is 0.243 e. The molecule has 7 nitrogen and oxygen atoms in total. The molecule has 10 heteroatoms. The van der Waals surface area contributed by atoms with Crippen LogP contribution in [0.2, 0.25) is 36.3 Å². The molecule has 1 aliphatic rings. The number of aromatic amines is 1. The molecule has 0 bridgehead atoms. The summed E-state index contributed by atoms with van der Waals surface area (Å²) in [5.74, 6) is 0.829. The molecule has 0 aliphatic heterocycles. The predicted octanol–water partition coefficient (Wildman–Crippen LogP) is 8.38. The zero-order chi connectivity index (χ0) is 29.5. The number of rotatable bonds is 9. The Kier molecular flexibility index (Phi) is 8.98. The highest BCUT2D eigenvalue weighted by molar-refractivity contribution is 7.99. The number of H-pyrrole nitrogens is 1. The fourth-order valence-corrected chi connectivity index (χ4v) is 7.77. The van der Waals surface area contributed by atoms with E-state index in [-0.39, 0.29) is 28.2 Å². The van der Waals surface area contributed by atoms with Gasteiger partial charge in [0.05, 0.1) is 6.10 Å². The van der Waals surface area contributed by atoms with Gasteiger partial charge < -0.3 is 18.6 Å². The zero-order valence-corrected chi connectivity index (χ0v) is 29.0. The van der Waals surface area contributed by atoms with Crippen molar-refractivity contribution in [3.05, 3.63) is 36.2 Å². The van der Waals surface area contributed by atoms with E-state index in [0.29, 0.717) is 18.1 Å². The van der Waals surface area contributed by atoms with Gasteiger partial charge >= 0.3 is 0 Å². The number of nitrogens with zero attached hydrogens (tertiary/aromatic N) is 3. The highest BCUT2D eigenvalue weighted by Gasteiger charge is 2.46. The van der Waals surface area contributed by atoms with Crippen LogP contribution in [0.3, 0.4) is 0 Å². The normalized spacial score (nSPS) is 20.8. The van der Waals surface area contributed by atoms with E-state index in [1.807, 2.05) is 0 Å². The van der Waals surface area contributed by atoms with E-state index in [0.717, 1.165) is 28.4 Å². The van der Waals surface area contributed by atoms with E-state index < -0.39 is 16.6 Å². The Morgan fingerprint density at radius 1 is 0.975 bits per heavy atom. The van der Waals surface area contributed by atoms with E-state index in [2.05, 4.69) is 114 Å². The van der Waals surface area contributed by atoms with Crippen molar-refractivity contribution in [3.63, 3.8) is 0 Å². The average molecular weight is 601 g/mol. The van der Waals surface area contributed by atoms with E-state index in [4.69, 9.17) is 18.6 Å². The van der Waals surface area contributed by atoms with Crippen molar-refractivity contribution in [2.45, 2.75) is 120 Å². The van der Waals surface area contributed by atoms with Gasteiger partial charge in [-0.15, -0.1) is 0 Å². The van der Waals surface area contributed by atoms with Crippen molar-refractivity contribution in [2.24, 2.45) is 5.92 Å². The van der Waals surface area contributed by atoms with Crippen LogP contribution in [-0.4, -0.2) is 55.4 Å². The number of aryl methyl sites for hydroxylation is 1. The standard InChI is InChI=1S/C30H48N4O3SSi2/c1-20-13-12-14-23(15-20)38-28-33-25-26(34-28)31-19-32-27(25)36-22-16-21(18-35-39(8,9)29(2,3)4)24(17-22)37-40(10,11)30(5,6)7/h12-15,19,21-22,24H,16-18H2,1-11H3,(H,31,32,33,34)/t21-,22+,24-/m0/s1. The SMILES string of the molecule is Cc1cccc(Sc2nc3ncnc(O[C@@H]4C[C@@H](CO[Si](C)(C)C(C)(C)C)[C@@H](O[Si](C)(C)C(C)(C)C)C4)c3[nH]2)c1. The maximum Gasteiger partial charge on any atom is 0.243 e. The molecule has 0 saturated heterocycles. The van der Waals surface area contributed by atoms with Crippen LogP contribution in [0.25, 0.3) is 11.2 Å². The largest absolute Gasteiger partial charge is 0.473 e. The topological polar surface area (TPSA) is 82.2 Å². The third kappa shape index (κ3) is 7.18. The molecular formula is C30H48N4O3SSi2. The van der Waals surface area contributed by atoms with Crippen LogP contribution in [0.5, 0.6) is 5.88 Å². The summed E-state index contributed by atoms with van der Waals surface area (Å²) >= 11 is 1.58. The number of aromatic nitrogens is 4. The molecule has 4 rings (SSSR count). The first-order valence-electron chi connectivity index (χ1n) is 14.4. The maximum atomic E-state index is 7.00. The molecular weight excluding hydrogens is 553 g/mol. The number of hydrogen-bond acceptors (Lipinski definition) is 7. The van der Waals surface area contributed by atoms with Gasteiger partial charge in [0.25, 0.3) is 0 Å². The summed E-state index contributed by atoms with van der Waals surface area (Å²) in [5.41, 5.74) is 2.57. The van der Waals surface area contributed by atoms with Gasteiger partial charge in [-0.05, 0) is 61.7 Å². The van der Waals surface area contributed by atoms with Crippen LogP contribution in [0.1, 0.15) is 59.9 Å². The Morgan fingerprint density at radius 3 is 2.33 bits per heavy atom. The van der Waals surface area contributed by atoms with Gasteiger partial charge in [0.15, 0.2) is 27.4 Å². The van der Waals surface area contributed by atoms with Gasteiger partial charge in [-0.25, -0.2) is 9.97 Å². The van der Waals surface area contributed by atoms with Crippen molar-refractivity contribution >= 4 is 39.6 Å². The summed E-state index contributed by atoms with van der Waals surface area (Å²) in [5, 5.41) is 1.08. The summed E-state index contributed by atoms with van der Waals surface area (Å²) in [4.78, 5) is 18.1. The molecule has 0 amide bonds. The van der Waals surface area contributed by atoms with Crippen LogP contribution in [0, 0.1) is 12.8 Å². The Balaban J connectivity index is 1.53. The monoisotopic (exact) mass is 600 g/mol. The second-order valence-corrected chi connectivity index (χ2v) is 24.9. The molecule has 220 valence electrons. The molecule has 2 aromatic heterocycles. The summed E-state index contributed by atoms with van der Waals surface area (Å²) in [6, 6.07) is 8.38. The van der Waals surface area contributed by atoms with Crippen LogP contribution in [-0.2, 0) is 8.85 Å². The summed E-state index contributed by atoms with van der Waals surface area (Å²) in [6.07, 6.45) is 3.32. The van der Waals surface area contributed by atoms with Crippen molar-refractivity contribution in [2.75, 3.05) is 6.61 Å². The second kappa shape index (κ2) is 11.5. The van der Waals surface area contributed by atoms with Gasteiger partial charge in [-0.1, -0.05) is 71.0 Å². The van der Waals surface area contributed by atoms with E-state index in [1.165, 1.54) is 11.9 Å². The summed E-state index contributed by atoms with van der Waals surface area (Å²) in [7, 11) is -3.85. The van der Waals surface area contributed by atoms with Gasteiger partial charge in [-0.3, -0.25) is 0 Å². The lowest BCUT2D eigenvalue weighted by Crippen LogP contribution is -2.46. The number of fused-ring (bicyclic) bond motifs is 1. The lowest BCUT2D eigenvalue weighted by atomic mass is 10.1. The van der Waals surface area contributed by atoms with Crippen molar-refractivity contribution in [3.8, 4) is 5.88 Å². The van der Waals surface area contributed by atoms with Gasteiger partial charge in [-0.2, -0.15) is 4.98 Å². The molecule has 40 heavy (non-hydrogen) atoms. The minimum absolute atomic E-state index is 0.0166. The maximum absolute atomic E-state index is 7.00. The zero-order valence-electron chi connectivity index (χ0n) is 26.2. The molecule has 3 aromatic rings. The highest BCUT2D eigenvalue weighted by Crippen LogP contribution is 2.43. The lowest BCUT2D eigenvalue weighted by Gasteiger charge is -2.41. The average Bonchev–Trinajstić information content (AvgIpc) is 3.39. The number of nitrogens with one attached hydrogen (secondary N) is 1. The second-order valence-electron chi connectivity index (χ2n) is 14.3. The molecule has 3 atom stereocenters. The summed E-state index contributed by atoms with van der Waals surface area (Å²) < 4.78 is 20.3. The van der Waals surface area contributed by atoms with Crippen LogP contribution >= 0.6 is 11.8 Å².